The zero-order chi connectivity index (χ0) is 19.6. The second-order valence-corrected chi connectivity index (χ2v) is 6.41. The van der Waals surface area contributed by atoms with Crippen LogP contribution in [0.1, 0.15) is 24.8 Å². The average Bonchev–Trinajstić information content (AvgIpc) is 2.63. The van der Waals surface area contributed by atoms with Crippen LogP contribution in [0.2, 0.25) is 5.02 Å². The highest BCUT2D eigenvalue weighted by atomic mass is 35.5. The Kier molecular flexibility index (Phi) is 7.95. The second-order valence-electron chi connectivity index (χ2n) is 6.00. The Balaban J connectivity index is 1.67. The second kappa shape index (κ2) is 10.4. The number of carbonyl (C=O) groups is 2. The quantitative estimate of drug-likeness (QED) is 0.605. The van der Waals surface area contributed by atoms with E-state index in [0.717, 1.165) is 11.3 Å². The van der Waals surface area contributed by atoms with Crippen LogP contribution in [0.5, 0.6) is 11.5 Å². The molecule has 0 unspecified atom stereocenters. The van der Waals surface area contributed by atoms with E-state index in [4.69, 9.17) is 26.8 Å². The van der Waals surface area contributed by atoms with Crippen molar-refractivity contribution < 1.29 is 19.1 Å². The summed E-state index contributed by atoms with van der Waals surface area (Å²) in [6.45, 7) is 2.59. The number of hydrogen-bond acceptors (Lipinski definition) is 4. The van der Waals surface area contributed by atoms with Gasteiger partial charge in [-0.25, -0.2) is 0 Å². The van der Waals surface area contributed by atoms with E-state index in [0.29, 0.717) is 35.9 Å². The molecule has 0 heterocycles. The maximum atomic E-state index is 12.0. The summed E-state index contributed by atoms with van der Waals surface area (Å²) in [6.07, 6.45) is 1.11. The zero-order valence-corrected chi connectivity index (χ0v) is 15.9. The van der Waals surface area contributed by atoms with E-state index in [1.807, 2.05) is 19.1 Å². The van der Waals surface area contributed by atoms with Crippen molar-refractivity contribution in [2.45, 2.75) is 26.2 Å². The Labute approximate surface area is 163 Å². The van der Waals surface area contributed by atoms with E-state index in [2.05, 4.69) is 5.32 Å². The van der Waals surface area contributed by atoms with Gasteiger partial charge >= 0.3 is 0 Å². The largest absolute Gasteiger partial charge is 0.494 e. The number of primary amides is 1. The van der Waals surface area contributed by atoms with Gasteiger partial charge in [-0.1, -0.05) is 11.6 Å². The predicted molar refractivity (Wildman–Crippen MR) is 105 cm³/mol. The molecule has 0 radical (unpaired) electrons. The Hall–Kier alpha value is -2.73. The molecule has 2 rings (SSSR count). The number of carbonyl (C=O) groups excluding carboxylic acids is 2. The molecule has 0 aliphatic rings. The molecule has 0 spiro atoms. The Morgan fingerprint density at radius 1 is 1.00 bits per heavy atom. The number of benzene rings is 2. The molecule has 2 amide bonds. The number of halogens is 1. The molecule has 6 nitrogen and oxygen atoms in total. The summed E-state index contributed by atoms with van der Waals surface area (Å²) < 4.78 is 11.0. The molecular formula is C20H23ClN2O4. The van der Waals surface area contributed by atoms with Gasteiger partial charge in [0.25, 0.3) is 0 Å². The number of anilines is 1. The SMILES string of the molecule is Cc1cc(OCCCC(=O)Nc2ccc(OCCC(N)=O)cc2)ccc1Cl. The van der Waals surface area contributed by atoms with Gasteiger partial charge in [0, 0.05) is 17.1 Å². The average molecular weight is 391 g/mol. The minimum absolute atomic E-state index is 0.0896. The summed E-state index contributed by atoms with van der Waals surface area (Å²) in [5, 5.41) is 3.52. The fourth-order valence-electron chi connectivity index (χ4n) is 2.26. The molecule has 0 atom stereocenters. The number of nitrogens with one attached hydrogen (secondary N) is 1. The first-order valence-electron chi connectivity index (χ1n) is 8.64. The fourth-order valence-corrected chi connectivity index (χ4v) is 2.37. The van der Waals surface area contributed by atoms with Crippen molar-refractivity contribution in [2.24, 2.45) is 5.73 Å². The number of hydrogen-bond donors (Lipinski definition) is 2. The van der Waals surface area contributed by atoms with Gasteiger partial charge in [0.2, 0.25) is 11.8 Å². The Bertz CT molecular complexity index is 778. The van der Waals surface area contributed by atoms with Crippen LogP contribution in [0, 0.1) is 6.92 Å². The van der Waals surface area contributed by atoms with Crippen molar-refractivity contribution >= 4 is 29.1 Å². The molecule has 0 aliphatic heterocycles. The summed E-state index contributed by atoms with van der Waals surface area (Å²) in [4.78, 5) is 22.7. The van der Waals surface area contributed by atoms with Gasteiger partial charge < -0.3 is 20.5 Å². The summed E-state index contributed by atoms with van der Waals surface area (Å²) in [6, 6.07) is 12.4. The number of amides is 2. The standard InChI is InChI=1S/C20H23ClN2O4/c1-14-13-17(8-9-18(14)21)26-11-2-3-20(25)23-15-4-6-16(7-5-15)27-12-10-19(22)24/h4-9,13H,2-3,10-12H2,1H3,(H2,22,24)(H,23,25). The lowest BCUT2D eigenvalue weighted by Gasteiger charge is -2.09. The topological polar surface area (TPSA) is 90.7 Å². The lowest BCUT2D eigenvalue weighted by Crippen LogP contribution is -2.14. The van der Waals surface area contributed by atoms with Crippen LogP contribution in [-0.2, 0) is 9.59 Å². The van der Waals surface area contributed by atoms with Crippen molar-refractivity contribution in [1.29, 1.82) is 0 Å². The smallest absolute Gasteiger partial charge is 0.224 e. The minimum Gasteiger partial charge on any atom is -0.494 e. The lowest BCUT2D eigenvalue weighted by molar-refractivity contribution is -0.118. The van der Waals surface area contributed by atoms with Gasteiger partial charge in [-0.3, -0.25) is 9.59 Å². The van der Waals surface area contributed by atoms with Crippen molar-refractivity contribution in [3.63, 3.8) is 0 Å². The number of aryl methyl sites for hydroxylation is 1. The van der Waals surface area contributed by atoms with Crippen molar-refractivity contribution in [3.8, 4) is 11.5 Å². The summed E-state index contributed by atoms with van der Waals surface area (Å²) >= 11 is 5.97. The molecule has 144 valence electrons. The molecule has 0 aromatic heterocycles. The highest BCUT2D eigenvalue weighted by molar-refractivity contribution is 6.31. The van der Waals surface area contributed by atoms with E-state index in [1.165, 1.54) is 0 Å². The molecular weight excluding hydrogens is 368 g/mol. The molecule has 2 aromatic carbocycles. The summed E-state index contributed by atoms with van der Waals surface area (Å²) in [7, 11) is 0. The van der Waals surface area contributed by atoms with E-state index in [-0.39, 0.29) is 18.9 Å². The van der Waals surface area contributed by atoms with Gasteiger partial charge in [-0.2, -0.15) is 0 Å². The van der Waals surface area contributed by atoms with Crippen LogP contribution in [0.25, 0.3) is 0 Å². The van der Waals surface area contributed by atoms with Crippen LogP contribution in [0.3, 0.4) is 0 Å². The monoisotopic (exact) mass is 390 g/mol. The molecule has 0 aliphatic carbocycles. The Morgan fingerprint density at radius 2 is 1.67 bits per heavy atom. The third kappa shape index (κ3) is 7.58. The molecule has 7 heteroatoms. The van der Waals surface area contributed by atoms with Gasteiger partial charge in [0.05, 0.1) is 19.6 Å². The van der Waals surface area contributed by atoms with Crippen LogP contribution >= 0.6 is 11.6 Å². The Morgan fingerprint density at radius 3 is 2.33 bits per heavy atom. The lowest BCUT2D eigenvalue weighted by atomic mass is 10.2. The number of nitrogens with two attached hydrogens (primary N) is 1. The first-order valence-corrected chi connectivity index (χ1v) is 9.02. The molecule has 2 aromatic rings. The van der Waals surface area contributed by atoms with Crippen LogP contribution < -0.4 is 20.5 Å². The van der Waals surface area contributed by atoms with Crippen LogP contribution in [0.4, 0.5) is 5.69 Å². The molecule has 0 bridgehead atoms. The van der Waals surface area contributed by atoms with E-state index >= 15 is 0 Å². The maximum absolute atomic E-state index is 12.0. The highest BCUT2D eigenvalue weighted by Crippen LogP contribution is 2.21. The van der Waals surface area contributed by atoms with Gasteiger partial charge in [0.15, 0.2) is 0 Å². The molecule has 0 saturated heterocycles. The van der Waals surface area contributed by atoms with E-state index < -0.39 is 5.91 Å². The minimum atomic E-state index is -0.408. The van der Waals surface area contributed by atoms with Crippen molar-refractivity contribution in [1.82, 2.24) is 0 Å². The summed E-state index contributed by atoms with van der Waals surface area (Å²) in [5.41, 5.74) is 6.68. The van der Waals surface area contributed by atoms with Gasteiger partial charge in [-0.15, -0.1) is 0 Å². The molecule has 0 saturated carbocycles. The summed E-state index contributed by atoms with van der Waals surface area (Å²) in [5.74, 6) is 0.854. The van der Waals surface area contributed by atoms with Gasteiger partial charge in [0.1, 0.15) is 11.5 Å². The first kappa shape index (κ1) is 20.6. The fraction of sp³-hybridized carbons (Fsp3) is 0.300. The molecule has 3 N–H and O–H groups in total. The maximum Gasteiger partial charge on any atom is 0.224 e. The van der Waals surface area contributed by atoms with Crippen molar-refractivity contribution in [3.05, 3.63) is 53.1 Å². The van der Waals surface area contributed by atoms with Crippen molar-refractivity contribution in [2.75, 3.05) is 18.5 Å². The first-order chi connectivity index (χ1) is 12.9. The third-order valence-corrected chi connectivity index (χ3v) is 4.13. The van der Waals surface area contributed by atoms with Crippen LogP contribution in [-0.4, -0.2) is 25.0 Å². The zero-order valence-electron chi connectivity index (χ0n) is 15.2. The van der Waals surface area contributed by atoms with E-state index in [1.54, 1.807) is 30.3 Å². The highest BCUT2D eigenvalue weighted by Gasteiger charge is 2.04. The third-order valence-electron chi connectivity index (χ3n) is 3.70. The number of rotatable bonds is 10. The molecule has 0 fully saturated rings. The predicted octanol–water partition coefficient (Wildman–Crippen LogP) is 3.70. The van der Waals surface area contributed by atoms with E-state index in [9.17, 15) is 9.59 Å². The molecule has 27 heavy (non-hydrogen) atoms. The normalized spacial score (nSPS) is 10.3. The van der Waals surface area contributed by atoms with Gasteiger partial charge in [-0.05, 0) is 61.4 Å². The number of ether oxygens (including phenoxy) is 2. The van der Waals surface area contributed by atoms with Crippen LogP contribution in [0.15, 0.2) is 42.5 Å².